The molecule has 0 aliphatic rings. The van der Waals surface area contributed by atoms with Gasteiger partial charge in [-0.1, -0.05) is 36.0 Å². The summed E-state index contributed by atoms with van der Waals surface area (Å²) in [6.07, 6.45) is 0. The van der Waals surface area contributed by atoms with Crippen molar-refractivity contribution < 1.29 is 4.79 Å². The van der Waals surface area contributed by atoms with Gasteiger partial charge in [-0.25, -0.2) is 9.97 Å². The zero-order valence-electron chi connectivity index (χ0n) is 14.9. The topological polar surface area (TPSA) is 59.3 Å². The standard InChI is InChI=1S/C20H20N4OS/c1-12(2)21-19(25)13(3)26-20-23-15-9-5-4-8-14(15)18-22-16-10-6-7-11-17(16)24(18)20/h4-13H,1-3H3,(H,21,25). The van der Waals surface area contributed by atoms with Crippen molar-refractivity contribution in [3.05, 3.63) is 48.5 Å². The van der Waals surface area contributed by atoms with E-state index in [0.717, 1.165) is 32.7 Å². The zero-order valence-corrected chi connectivity index (χ0v) is 15.7. The predicted octanol–water partition coefficient (Wildman–Crippen LogP) is 4.04. The van der Waals surface area contributed by atoms with Crippen LogP contribution >= 0.6 is 11.8 Å². The van der Waals surface area contributed by atoms with Gasteiger partial charge in [0.15, 0.2) is 5.16 Å². The van der Waals surface area contributed by atoms with Gasteiger partial charge in [0, 0.05) is 11.4 Å². The Labute approximate surface area is 155 Å². The Bertz CT molecular complexity index is 1120. The average molecular weight is 364 g/mol. The monoisotopic (exact) mass is 364 g/mol. The predicted molar refractivity (Wildman–Crippen MR) is 107 cm³/mol. The fraction of sp³-hybridized carbons (Fsp3) is 0.250. The molecule has 1 unspecified atom stereocenters. The minimum absolute atomic E-state index is 0.0116. The molecule has 132 valence electrons. The summed E-state index contributed by atoms with van der Waals surface area (Å²) in [6, 6.07) is 16.1. The number of rotatable bonds is 4. The highest BCUT2D eigenvalue weighted by atomic mass is 32.2. The maximum atomic E-state index is 12.4. The third-order valence-electron chi connectivity index (χ3n) is 4.20. The van der Waals surface area contributed by atoms with Crippen LogP contribution in [0.3, 0.4) is 0 Å². The number of imidazole rings is 1. The van der Waals surface area contributed by atoms with Crippen molar-refractivity contribution in [3.8, 4) is 0 Å². The third kappa shape index (κ3) is 2.90. The van der Waals surface area contributed by atoms with Gasteiger partial charge < -0.3 is 5.32 Å². The number of nitrogens with zero attached hydrogens (tertiary/aromatic N) is 3. The molecule has 5 nitrogen and oxygen atoms in total. The molecule has 1 N–H and O–H groups in total. The molecule has 0 saturated heterocycles. The molecule has 6 heteroatoms. The summed E-state index contributed by atoms with van der Waals surface area (Å²) in [5, 5.41) is 4.50. The van der Waals surface area contributed by atoms with Crippen molar-refractivity contribution in [3.63, 3.8) is 0 Å². The van der Waals surface area contributed by atoms with Crippen LogP contribution in [0, 0.1) is 0 Å². The lowest BCUT2D eigenvalue weighted by molar-refractivity contribution is -0.120. The van der Waals surface area contributed by atoms with E-state index >= 15 is 0 Å². The summed E-state index contributed by atoms with van der Waals surface area (Å²) in [7, 11) is 0. The number of aromatic nitrogens is 3. The van der Waals surface area contributed by atoms with Crippen LogP contribution in [0.1, 0.15) is 20.8 Å². The molecule has 0 fully saturated rings. The first kappa shape index (κ1) is 16.8. The minimum atomic E-state index is -0.254. The summed E-state index contributed by atoms with van der Waals surface area (Å²) in [4.78, 5) is 22.0. The Kier molecular flexibility index (Phi) is 4.28. The molecule has 1 amide bonds. The lowest BCUT2D eigenvalue weighted by Gasteiger charge is -2.15. The van der Waals surface area contributed by atoms with Gasteiger partial charge in [0.25, 0.3) is 0 Å². The zero-order chi connectivity index (χ0) is 18.3. The van der Waals surface area contributed by atoms with Gasteiger partial charge in [0.2, 0.25) is 5.91 Å². The van der Waals surface area contributed by atoms with E-state index in [1.165, 1.54) is 11.8 Å². The summed E-state index contributed by atoms with van der Waals surface area (Å²) < 4.78 is 2.06. The summed E-state index contributed by atoms with van der Waals surface area (Å²) >= 11 is 1.46. The number of hydrogen-bond donors (Lipinski definition) is 1. The second-order valence-electron chi connectivity index (χ2n) is 6.59. The molecule has 1 atom stereocenters. The van der Waals surface area contributed by atoms with Gasteiger partial charge in [-0.05, 0) is 45.0 Å². The van der Waals surface area contributed by atoms with Crippen LogP contribution in [0.25, 0.3) is 27.6 Å². The minimum Gasteiger partial charge on any atom is -0.353 e. The van der Waals surface area contributed by atoms with Crippen LogP contribution in [-0.4, -0.2) is 31.6 Å². The molecule has 0 aliphatic heterocycles. The number of carbonyl (C=O) groups is 1. The number of para-hydroxylation sites is 3. The number of amides is 1. The van der Waals surface area contributed by atoms with Crippen LogP contribution in [0.2, 0.25) is 0 Å². The van der Waals surface area contributed by atoms with E-state index in [4.69, 9.17) is 9.97 Å². The maximum Gasteiger partial charge on any atom is 0.233 e. The van der Waals surface area contributed by atoms with E-state index in [2.05, 4.69) is 9.72 Å². The number of fused-ring (bicyclic) bond motifs is 5. The lowest BCUT2D eigenvalue weighted by Crippen LogP contribution is -2.36. The van der Waals surface area contributed by atoms with Crippen LogP contribution in [0.5, 0.6) is 0 Å². The van der Waals surface area contributed by atoms with Gasteiger partial charge in [0.1, 0.15) is 5.65 Å². The highest BCUT2D eigenvalue weighted by Gasteiger charge is 2.20. The number of benzene rings is 2. The summed E-state index contributed by atoms with van der Waals surface area (Å²) in [6.45, 7) is 5.83. The average Bonchev–Trinajstić information content (AvgIpc) is 3.01. The van der Waals surface area contributed by atoms with Gasteiger partial charge in [-0.3, -0.25) is 9.20 Å². The lowest BCUT2D eigenvalue weighted by atomic mass is 10.2. The smallest absolute Gasteiger partial charge is 0.233 e. The Balaban J connectivity index is 1.90. The van der Waals surface area contributed by atoms with Crippen molar-refractivity contribution >= 4 is 45.3 Å². The van der Waals surface area contributed by atoms with Gasteiger partial charge in [-0.2, -0.15) is 0 Å². The van der Waals surface area contributed by atoms with Crippen LogP contribution in [-0.2, 0) is 4.79 Å². The number of thioether (sulfide) groups is 1. The summed E-state index contributed by atoms with van der Waals surface area (Å²) in [5.74, 6) is 0.0116. The van der Waals surface area contributed by atoms with Gasteiger partial charge in [-0.15, -0.1) is 0 Å². The normalized spacial score (nSPS) is 12.9. The Morgan fingerprint density at radius 3 is 2.46 bits per heavy atom. The van der Waals surface area contributed by atoms with E-state index in [1.807, 2.05) is 69.3 Å². The number of hydrogen-bond acceptors (Lipinski definition) is 4. The van der Waals surface area contributed by atoms with Crippen LogP contribution in [0.4, 0.5) is 0 Å². The molecule has 4 rings (SSSR count). The first-order chi connectivity index (χ1) is 12.5. The molecule has 0 aliphatic carbocycles. The molecule has 0 spiro atoms. The fourth-order valence-electron chi connectivity index (χ4n) is 3.01. The molecule has 0 radical (unpaired) electrons. The van der Waals surface area contributed by atoms with Crippen LogP contribution in [0.15, 0.2) is 53.7 Å². The van der Waals surface area contributed by atoms with Gasteiger partial charge in [0.05, 0.1) is 21.8 Å². The highest BCUT2D eigenvalue weighted by Crippen LogP contribution is 2.30. The second-order valence-corrected chi connectivity index (χ2v) is 7.90. The van der Waals surface area contributed by atoms with E-state index in [-0.39, 0.29) is 17.2 Å². The molecular weight excluding hydrogens is 344 g/mol. The Morgan fingerprint density at radius 1 is 1.00 bits per heavy atom. The molecule has 0 saturated carbocycles. The van der Waals surface area contributed by atoms with Crippen molar-refractivity contribution in [1.29, 1.82) is 0 Å². The Hall–Kier alpha value is -2.60. The maximum absolute atomic E-state index is 12.4. The van der Waals surface area contributed by atoms with E-state index < -0.39 is 0 Å². The molecule has 2 aromatic carbocycles. The quantitative estimate of drug-likeness (QED) is 0.438. The van der Waals surface area contributed by atoms with Crippen molar-refractivity contribution in [2.45, 2.75) is 37.2 Å². The second kappa shape index (κ2) is 6.61. The van der Waals surface area contributed by atoms with Gasteiger partial charge >= 0.3 is 0 Å². The number of nitrogens with one attached hydrogen (secondary N) is 1. The highest BCUT2D eigenvalue weighted by molar-refractivity contribution is 8.00. The molecular formula is C20H20N4OS. The first-order valence-corrected chi connectivity index (χ1v) is 9.55. The largest absolute Gasteiger partial charge is 0.353 e. The van der Waals surface area contributed by atoms with E-state index in [1.54, 1.807) is 0 Å². The Morgan fingerprint density at radius 2 is 1.69 bits per heavy atom. The first-order valence-electron chi connectivity index (χ1n) is 8.67. The van der Waals surface area contributed by atoms with E-state index in [9.17, 15) is 4.79 Å². The molecule has 2 aromatic heterocycles. The third-order valence-corrected chi connectivity index (χ3v) is 5.25. The van der Waals surface area contributed by atoms with E-state index in [0.29, 0.717) is 0 Å². The van der Waals surface area contributed by atoms with Crippen molar-refractivity contribution in [2.24, 2.45) is 0 Å². The SMILES string of the molecule is CC(C)NC(=O)C(C)Sc1nc2ccccc2c2nc3ccccc3n12. The molecule has 26 heavy (non-hydrogen) atoms. The van der Waals surface area contributed by atoms with Crippen molar-refractivity contribution in [2.75, 3.05) is 0 Å². The molecule has 2 heterocycles. The molecule has 4 aromatic rings. The fourth-order valence-corrected chi connectivity index (χ4v) is 3.94. The number of carbonyl (C=O) groups excluding carboxylic acids is 1. The molecule has 0 bridgehead atoms. The summed E-state index contributed by atoms with van der Waals surface area (Å²) in [5.41, 5.74) is 3.68. The van der Waals surface area contributed by atoms with Crippen molar-refractivity contribution in [1.82, 2.24) is 19.7 Å². The van der Waals surface area contributed by atoms with Crippen LogP contribution < -0.4 is 5.32 Å².